The third kappa shape index (κ3) is 5.47. The number of esters is 1. The SMILES string of the molecule is CSC[C@@H](C)C(=O)OC(C)(C)C. The minimum atomic E-state index is -0.357. The van der Waals surface area contributed by atoms with Gasteiger partial charge in [0.05, 0.1) is 5.92 Å². The Balaban J connectivity index is 3.87. The van der Waals surface area contributed by atoms with E-state index in [1.807, 2.05) is 34.0 Å². The smallest absolute Gasteiger partial charge is 0.310 e. The summed E-state index contributed by atoms with van der Waals surface area (Å²) in [4.78, 5) is 11.3. The first-order valence-electron chi connectivity index (χ1n) is 4.08. The van der Waals surface area contributed by atoms with Crippen molar-refractivity contribution in [1.82, 2.24) is 0 Å². The first kappa shape index (κ1) is 11.8. The van der Waals surface area contributed by atoms with Gasteiger partial charge in [-0.2, -0.15) is 11.8 Å². The average molecular weight is 190 g/mol. The van der Waals surface area contributed by atoms with Crippen molar-refractivity contribution in [3.05, 3.63) is 0 Å². The highest BCUT2D eigenvalue weighted by Gasteiger charge is 2.20. The van der Waals surface area contributed by atoms with Gasteiger partial charge in [0.15, 0.2) is 0 Å². The minimum Gasteiger partial charge on any atom is -0.460 e. The van der Waals surface area contributed by atoms with Crippen molar-refractivity contribution in [2.75, 3.05) is 12.0 Å². The van der Waals surface area contributed by atoms with Gasteiger partial charge in [-0.1, -0.05) is 6.92 Å². The summed E-state index contributed by atoms with van der Waals surface area (Å²) >= 11 is 1.66. The highest BCUT2D eigenvalue weighted by molar-refractivity contribution is 7.98. The van der Waals surface area contributed by atoms with Gasteiger partial charge in [0.25, 0.3) is 0 Å². The number of ether oxygens (including phenoxy) is 1. The Morgan fingerprint density at radius 2 is 2.00 bits per heavy atom. The standard InChI is InChI=1S/C9H18O2S/c1-7(6-12-5)8(10)11-9(2,3)4/h7H,6H2,1-5H3/t7-/m1/s1. The Kier molecular flexibility index (Phi) is 4.68. The summed E-state index contributed by atoms with van der Waals surface area (Å²) in [5.74, 6) is 0.727. The molecule has 0 aliphatic heterocycles. The summed E-state index contributed by atoms with van der Waals surface area (Å²) < 4.78 is 5.20. The first-order valence-corrected chi connectivity index (χ1v) is 5.48. The van der Waals surface area contributed by atoms with Gasteiger partial charge in [0.1, 0.15) is 5.60 Å². The highest BCUT2D eigenvalue weighted by atomic mass is 32.2. The van der Waals surface area contributed by atoms with Crippen LogP contribution < -0.4 is 0 Å². The molecule has 12 heavy (non-hydrogen) atoms. The molecule has 0 heterocycles. The highest BCUT2D eigenvalue weighted by Crippen LogP contribution is 2.13. The van der Waals surface area contributed by atoms with Crippen LogP contribution in [-0.2, 0) is 9.53 Å². The molecule has 0 bridgehead atoms. The van der Waals surface area contributed by atoms with Crippen LogP contribution in [0.1, 0.15) is 27.7 Å². The van der Waals surface area contributed by atoms with E-state index in [0.717, 1.165) is 5.75 Å². The molecule has 0 saturated carbocycles. The zero-order chi connectivity index (χ0) is 9.78. The van der Waals surface area contributed by atoms with Crippen molar-refractivity contribution in [2.24, 2.45) is 5.92 Å². The third-order valence-corrected chi connectivity index (χ3v) is 2.06. The molecule has 0 aromatic rings. The van der Waals surface area contributed by atoms with Gasteiger partial charge in [0, 0.05) is 5.75 Å². The molecule has 0 radical (unpaired) electrons. The fraction of sp³-hybridized carbons (Fsp3) is 0.889. The largest absolute Gasteiger partial charge is 0.460 e. The molecule has 72 valence electrons. The van der Waals surface area contributed by atoms with Crippen LogP contribution in [0.5, 0.6) is 0 Å². The Morgan fingerprint density at radius 3 is 2.33 bits per heavy atom. The molecule has 0 spiro atoms. The van der Waals surface area contributed by atoms with Gasteiger partial charge < -0.3 is 4.74 Å². The van der Waals surface area contributed by atoms with Crippen molar-refractivity contribution >= 4 is 17.7 Å². The topological polar surface area (TPSA) is 26.3 Å². The van der Waals surface area contributed by atoms with Crippen LogP contribution in [0.2, 0.25) is 0 Å². The van der Waals surface area contributed by atoms with E-state index in [9.17, 15) is 4.79 Å². The predicted octanol–water partition coefficient (Wildman–Crippen LogP) is 2.33. The molecule has 0 aliphatic rings. The van der Waals surface area contributed by atoms with Gasteiger partial charge in [-0.15, -0.1) is 0 Å². The lowest BCUT2D eigenvalue weighted by atomic mass is 10.1. The first-order chi connectivity index (χ1) is 5.37. The molecule has 0 aliphatic carbocycles. The minimum absolute atomic E-state index is 0.000718. The van der Waals surface area contributed by atoms with Crippen LogP contribution >= 0.6 is 11.8 Å². The summed E-state index contributed by atoms with van der Waals surface area (Å²) in [5, 5.41) is 0. The number of thioether (sulfide) groups is 1. The van der Waals surface area contributed by atoms with E-state index < -0.39 is 0 Å². The lowest BCUT2D eigenvalue weighted by Crippen LogP contribution is -2.28. The predicted molar refractivity (Wildman–Crippen MR) is 53.4 cm³/mol. The zero-order valence-corrected chi connectivity index (χ0v) is 9.33. The summed E-state index contributed by atoms with van der Waals surface area (Å²) in [7, 11) is 0. The molecule has 0 saturated heterocycles. The van der Waals surface area contributed by atoms with E-state index in [4.69, 9.17) is 4.74 Å². The van der Waals surface area contributed by atoms with E-state index in [1.54, 1.807) is 11.8 Å². The van der Waals surface area contributed by atoms with E-state index in [2.05, 4.69) is 0 Å². The van der Waals surface area contributed by atoms with Crippen LogP contribution in [-0.4, -0.2) is 23.6 Å². The van der Waals surface area contributed by atoms with Gasteiger partial charge in [-0.3, -0.25) is 4.79 Å². The summed E-state index contributed by atoms with van der Waals surface area (Å²) in [6.45, 7) is 7.55. The molecule has 0 fully saturated rings. The lowest BCUT2D eigenvalue weighted by molar-refractivity contribution is -0.158. The van der Waals surface area contributed by atoms with Gasteiger partial charge in [0.2, 0.25) is 0 Å². The maximum atomic E-state index is 11.3. The maximum absolute atomic E-state index is 11.3. The molecule has 0 amide bonds. The number of carbonyl (C=O) groups excluding carboxylic acids is 1. The maximum Gasteiger partial charge on any atom is 0.310 e. The van der Waals surface area contributed by atoms with Gasteiger partial charge >= 0.3 is 5.97 Å². The molecule has 0 aromatic heterocycles. The van der Waals surface area contributed by atoms with E-state index in [1.165, 1.54) is 0 Å². The van der Waals surface area contributed by atoms with Crippen molar-refractivity contribution in [3.8, 4) is 0 Å². The van der Waals surface area contributed by atoms with E-state index >= 15 is 0 Å². The Morgan fingerprint density at radius 1 is 1.50 bits per heavy atom. The second kappa shape index (κ2) is 4.75. The van der Waals surface area contributed by atoms with E-state index in [-0.39, 0.29) is 17.5 Å². The molecule has 0 unspecified atom stereocenters. The normalized spacial score (nSPS) is 14.1. The van der Waals surface area contributed by atoms with Crippen molar-refractivity contribution in [3.63, 3.8) is 0 Å². The molecular weight excluding hydrogens is 172 g/mol. The molecule has 0 N–H and O–H groups in total. The van der Waals surface area contributed by atoms with Crippen LogP contribution in [0, 0.1) is 5.92 Å². The van der Waals surface area contributed by atoms with Crippen LogP contribution in [0.4, 0.5) is 0 Å². The summed E-state index contributed by atoms with van der Waals surface area (Å²) in [5.41, 5.74) is -0.357. The number of rotatable bonds is 3. The van der Waals surface area contributed by atoms with Gasteiger partial charge in [-0.05, 0) is 27.0 Å². The van der Waals surface area contributed by atoms with Crippen molar-refractivity contribution < 1.29 is 9.53 Å². The second-order valence-electron chi connectivity index (χ2n) is 3.89. The number of hydrogen-bond acceptors (Lipinski definition) is 3. The second-order valence-corrected chi connectivity index (χ2v) is 4.80. The molecule has 3 heteroatoms. The monoisotopic (exact) mass is 190 g/mol. The van der Waals surface area contributed by atoms with E-state index in [0.29, 0.717) is 0 Å². The fourth-order valence-electron chi connectivity index (χ4n) is 0.720. The Hall–Kier alpha value is -0.180. The Labute approximate surface area is 79.1 Å². The molecule has 0 aromatic carbocycles. The molecule has 1 atom stereocenters. The number of carbonyl (C=O) groups is 1. The number of hydrogen-bond donors (Lipinski definition) is 0. The molecular formula is C9H18O2S. The quantitative estimate of drug-likeness (QED) is 0.639. The summed E-state index contributed by atoms with van der Waals surface area (Å²) in [6.07, 6.45) is 1.99. The van der Waals surface area contributed by atoms with Gasteiger partial charge in [-0.25, -0.2) is 0 Å². The average Bonchev–Trinajstić information content (AvgIpc) is 1.84. The van der Waals surface area contributed by atoms with Crippen LogP contribution in [0.15, 0.2) is 0 Å². The third-order valence-electron chi connectivity index (χ3n) is 1.23. The van der Waals surface area contributed by atoms with Crippen LogP contribution in [0.25, 0.3) is 0 Å². The fourth-order valence-corrected chi connectivity index (χ4v) is 1.36. The zero-order valence-electron chi connectivity index (χ0n) is 8.51. The van der Waals surface area contributed by atoms with Crippen molar-refractivity contribution in [1.29, 1.82) is 0 Å². The summed E-state index contributed by atoms with van der Waals surface area (Å²) in [6, 6.07) is 0. The lowest BCUT2D eigenvalue weighted by Gasteiger charge is -2.21. The van der Waals surface area contributed by atoms with Crippen molar-refractivity contribution in [2.45, 2.75) is 33.3 Å². The Bertz CT molecular complexity index is 149. The van der Waals surface area contributed by atoms with Crippen LogP contribution in [0.3, 0.4) is 0 Å². The molecule has 0 rings (SSSR count). The molecule has 2 nitrogen and oxygen atoms in total.